The third-order valence-corrected chi connectivity index (χ3v) is 3.27. The standard InChI is InChI=1S/C12H15N3OS/c1-17-7-6-15-10-5-3-2-4-9(10)8-14-12(15)11(13)16/h2-5H,6-8H2,1H3,(H2,13,16). The van der Waals surface area contributed by atoms with Gasteiger partial charge in [-0.1, -0.05) is 18.2 Å². The molecule has 0 aromatic heterocycles. The van der Waals surface area contributed by atoms with Crippen LogP contribution in [0, 0.1) is 0 Å². The number of hydrogen-bond acceptors (Lipinski definition) is 4. The van der Waals surface area contributed by atoms with Crippen molar-refractivity contribution in [3.8, 4) is 0 Å². The number of carbonyl (C=O) groups is 1. The Balaban J connectivity index is 2.34. The van der Waals surface area contributed by atoms with Crippen molar-refractivity contribution in [1.29, 1.82) is 0 Å². The maximum absolute atomic E-state index is 11.4. The molecule has 17 heavy (non-hydrogen) atoms. The van der Waals surface area contributed by atoms with E-state index in [2.05, 4.69) is 4.99 Å². The number of carbonyl (C=O) groups excluding carboxylic acids is 1. The van der Waals surface area contributed by atoms with Crippen LogP contribution in [0.15, 0.2) is 29.3 Å². The fraction of sp³-hybridized carbons (Fsp3) is 0.333. The minimum atomic E-state index is -0.458. The lowest BCUT2D eigenvalue weighted by atomic mass is 10.1. The molecule has 1 aromatic carbocycles. The zero-order valence-electron chi connectivity index (χ0n) is 9.72. The first-order valence-corrected chi connectivity index (χ1v) is 6.82. The Morgan fingerprint density at radius 3 is 3.00 bits per heavy atom. The zero-order valence-corrected chi connectivity index (χ0v) is 10.5. The molecule has 4 nitrogen and oxygen atoms in total. The third-order valence-electron chi connectivity index (χ3n) is 2.68. The fourth-order valence-corrected chi connectivity index (χ4v) is 2.25. The predicted molar refractivity (Wildman–Crippen MR) is 72.5 cm³/mol. The first-order valence-electron chi connectivity index (χ1n) is 5.42. The van der Waals surface area contributed by atoms with Gasteiger partial charge in [0.25, 0.3) is 5.91 Å². The van der Waals surface area contributed by atoms with Gasteiger partial charge in [0.05, 0.1) is 6.54 Å². The Kier molecular flexibility index (Phi) is 3.68. The highest BCUT2D eigenvalue weighted by Crippen LogP contribution is 2.25. The summed E-state index contributed by atoms with van der Waals surface area (Å²) >= 11 is 1.73. The zero-order chi connectivity index (χ0) is 12.3. The lowest BCUT2D eigenvalue weighted by Gasteiger charge is -2.29. The highest BCUT2D eigenvalue weighted by atomic mass is 32.2. The average Bonchev–Trinajstić information content (AvgIpc) is 2.35. The van der Waals surface area contributed by atoms with E-state index in [1.165, 1.54) is 0 Å². The Morgan fingerprint density at radius 2 is 2.29 bits per heavy atom. The number of primary amides is 1. The summed E-state index contributed by atoms with van der Waals surface area (Å²) in [6.07, 6.45) is 2.04. The van der Waals surface area contributed by atoms with Crippen molar-refractivity contribution >= 4 is 29.2 Å². The van der Waals surface area contributed by atoms with Gasteiger partial charge in [-0.05, 0) is 17.9 Å². The molecule has 5 heteroatoms. The predicted octanol–water partition coefficient (Wildman–Crippen LogP) is 1.25. The summed E-state index contributed by atoms with van der Waals surface area (Å²) < 4.78 is 0. The SMILES string of the molecule is CSCCN1C(C(N)=O)=NCc2ccccc21. The summed E-state index contributed by atoms with van der Waals surface area (Å²) in [5, 5.41) is 0. The highest BCUT2D eigenvalue weighted by Gasteiger charge is 2.23. The number of fused-ring (bicyclic) bond motifs is 1. The van der Waals surface area contributed by atoms with Crippen LogP contribution in [-0.4, -0.2) is 30.3 Å². The van der Waals surface area contributed by atoms with E-state index in [-0.39, 0.29) is 0 Å². The smallest absolute Gasteiger partial charge is 0.284 e. The molecule has 0 radical (unpaired) electrons. The highest BCUT2D eigenvalue weighted by molar-refractivity contribution is 7.98. The van der Waals surface area contributed by atoms with E-state index >= 15 is 0 Å². The molecule has 1 amide bonds. The van der Waals surface area contributed by atoms with Crippen LogP contribution in [0.4, 0.5) is 5.69 Å². The second kappa shape index (κ2) is 5.23. The molecule has 1 heterocycles. The quantitative estimate of drug-likeness (QED) is 0.873. The van der Waals surface area contributed by atoms with Gasteiger partial charge >= 0.3 is 0 Å². The number of amidine groups is 1. The van der Waals surface area contributed by atoms with Crippen LogP contribution in [0.2, 0.25) is 0 Å². The Hall–Kier alpha value is -1.49. The van der Waals surface area contributed by atoms with Crippen LogP contribution in [-0.2, 0) is 11.3 Å². The summed E-state index contributed by atoms with van der Waals surface area (Å²) in [4.78, 5) is 17.6. The Bertz CT molecular complexity index is 459. The normalized spacial score (nSPS) is 14.2. The summed E-state index contributed by atoms with van der Waals surface area (Å²) in [5.41, 5.74) is 7.55. The molecule has 0 fully saturated rings. The van der Waals surface area contributed by atoms with E-state index in [4.69, 9.17) is 5.73 Å². The van der Waals surface area contributed by atoms with Gasteiger partial charge in [-0.25, -0.2) is 0 Å². The van der Waals surface area contributed by atoms with Gasteiger partial charge in [0.2, 0.25) is 0 Å². The maximum atomic E-state index is 11.4. The molecule has 0 saturated carbocycles. The summed E-state index contributed by atoms with van der Waals surface area (Å²) in [5.74, 6) is 0.846. The van der Waals surface area contributed by atoms with E-state index < -0.39 is 5.91 Å². The van der Waals surface area contributed by atoms with Crippen molar-refractivity contribution in [3.05, 3.63) is 29.8 Å². The number of amides is 1. The van der Waals surface area contributed by atoms with E-state index in [1.807, 2.05) is 35.4 Å². The minimum absolute atomic E-state index is 0.373. The van der Waals surface area contributed by atoms with Crippen molar-refractivity contribution in [1.82, 2.24) is 0 Å². The number of thioether (sulfide) groups is 1. The van der Waals surface area contributed by atoms with Gasteiger partial charge in [-0.3, -0.25) is 9.79 Å². The van der Waals surface area contributed by atoms with Crippen LogP contribution >= 0.6 is 11.8 Å². The third kappa shape index (κ3) is 2.44. The van der Waals surface area contributed by atoms with Gasteiger partial charge in [-0.15, -0.1) is 0 Å². The van der Waals surface area contributed by atoms with Gasteiger partial charge in [0.1, 0.15) is 0 Å². The number of nitrogens with two attached hydrogens (primary N) is 1. The largest absolute Gasteiger partial charge is 0.363 e. The topological polar surface area (TPSA) is 58.7 Å². The van der Waals surface area contributed by atoms with Crippen LogP contribution in [0.1, 0.15) is 5.56 Å². The molecular formula is C12H15N3OS. The second-order valence-corrected chi connectivity index (χ2v) is 4.76. The molecule has 0 bridgehead atoms. The Morgan fingerprint density at radius 1 is 1.53 bits per heavy atom. The summed E-state index contributed by atoms with van der Waals surface area (Å²) in [6, 6.07) is 7.99. The van der Waals surface area contributed by atoms with E-state index in [0.717, 1.165) is 23.5 Å². The van der Waals surface area contributed by atoms with Crippen molar-refractivity contribution < 1.29 is 4.79 Å². The summed E-state index contributed by atoms with van der Waals surface area (Å²) in [7, 11) is 0. The first kappa shape index (κ1) is 12.0. The number of hydrogen-bond donors (Lipinski definition) is 1. The van der Waals surface area contributed by atoms with Crippen molar-refractivity contribution in [2.45, 2.75) is 6.54 Å². The number of aliphatic imine (C=N–C) groups is 1. The van der Waals surface area contributed by atoms with Gasteiger partial charge in [0.15, 0.2) is 5.84 Å². The summed E-state index contributed by atoms with van der Waals surface area (Å²) in [6.45, 7) is 1.28. The number of para-hydroxylation sites is 1. The minimum Gasteiger partial charge on any atom is -0.363 e. The molecule has 0 atom stereocenters. The second-order valence-electron chi connectivity index (χ2n) is 3.78. The lowest BCUT2D eigenvalue weighted by Crippen LogP contribution is -2.44. The molecule has 0 unspecified atom stereocenters. The number of rotatable bonds is 4. The maximum Gasteiger partial charge on any atom is 0.284 e. The van der Waals surface area contributed by atoms with Crippen LogP contribution < -0.4 is 10.6 Å². The molecule has 1 aromatic rings. The number of benzene rings is 1. The van der Waals surface area contributed by atoms with Crippen molar-refractivity contribution in [3.63, 3.8) is 0 Å². The molecule has 2 N–H and O–H groups in total. The van der Waals surface area contributed by atoms with Crippen molar-refractivity contribution in [2.75, 3.05) is 23.5 Å². The molecule has 1 aliphatic rings. The van der Waals surface area contributed by atoms with Gasteiger partial charge in [-0.2, -0.15) is 11.8 Å². The van der Waals surface area contributed by atoms with E-state index in [1.54, 1.807) is 11.8 Å². The molecule has 0 saturated heterocycles. The van der Waals surface area contributed by atoms with E-state index in [0.29, 0.717) is 12.4 Å². The van der Waals surface area contributed by atoms with E-state index in [9.17, 15) is 4.79 Å². The van der Waals surface area contributed by atoms with Crippen LogP contribution in [0.5, 0.6) is 0 Å². The number of anilines is 1. The molecule has 1 aliphatic heterocycles. The average molecular weight is 249 g/mol. The first-order chi connectivity index (χ1) is 8.24. The van der Waals surface area contributed by atoms with Crippen LogP contribution in [0.3, 0.4) is 0 Å². The monoisotopic (exact) mass is 249 g/mol. The molecular weight excluding hydrogens is 234 g/mol. The number of nitrogens with zero attached hydrogens (tertiary/aromatic N) is 2. The van der Waals surface area contributed by atoms with Crippen LogP contribution in [0.25, 0.3) is 0 Å². The fourth-order valence-electron chi connectivity index (χ4n) is 1.89. The van der Waals surface area contributed by atoms with Gasteiger partial charge < -0.3 is 10.6 Å². The molecule has 0 spiro atoms. The lowest BCUT2D eigenvalue weighted by molar-refractivity contribution is -0.112. The van der Waals surface area contributed by atoms with Gasteiger partial charge in [0, 0.05) is 18.0 Å². The Labute approximate surface area is 105 Å². The molecule has 2 rings (SSSR count). The molecule has 0 aliphatic carbocycles. The van der Waals surface area contributed by atoms with Crippen molar-refractivity contribution in [2.24, 2.45) is 10.7 Å². The molecule has 90 valence electrons.